The van der Waals surface area contributed by atoms with E-state index in [1.165, 1.54) is 24.0 Å². The Morgan fingerprint density at radius 1 is 1.43 bits per heavy atom. The first-order valence-electron chi connectivity index (χ1n) is 6.15. The Morgan fingerprint density at radius 2 is 2.24 bits per heavy atom. The number of aromatic carboxylic acids is 1. The number of rotatable bonds is 6. The Morgan fingerprint density at radius 3 is 2.90 bits per heavy atom. The first-order valence-corrected chi connectivity index (χ1v) is 7.13. The van der Waals surface area contributed by atoms with Gasteiger partial charge in [0, 0.05) is 18.1 Å². The fourth-order valence-electron chi connectivity index (χ4n) is 1.60. The minimum absolute atomic E-state index is 0.0311. The summed E-state index contributed by atoms with van der Waals surface area (Å²) in [6.45, 7) is 0.406. The third kappa shape index (κ3) is 4.35. The molecule has 0 radical (unpaired) electrons. The van der Waals surface area contributed by atoms with Gasteiger partial charge >= 0.3 is 5.97 Å². The largest absolute Gasteiger partial charge is 0.477 e. The van der Waals surface area contributed by atoms with E-state index in [0.717, 1.165) is 0 Å². The van der Waals surface area contributed by atoms with Crippen molar-refractivity contribution in [2.75, 3.05) is 12.8 Å². The molecule has 110 valence electrons. The van der Waals surface area contributed by atoms with Gasteiger partial charge in [-0.05, 0) is 24.3 Å². The van der Waals surface area contributed by atoms with Gasteiger partial charge in [0.2, 0.25) is 5.91 Å². The van der Waals surface area contributed by atoms with Crippen LogP contribution in [0.2, 0.25) is 0 Å². The molecule has 1 N–H and O–H groups in total. The highest BCUT2D eigenvalue weighted by Gasteiger charge is 2.12. The van der Waals surface area contributed by atoms with Crippen LogP contribution < -0.4 is 0 Å². The maximum Gasteiger partial charge on any atom is 0.354 e. The zero-order valence-corrected chi connectivity index (χ0v) is 12.2. The van der Waals surface area contributed by atoms with Gasteiger partial charge in [0.25, 0.3) is 0 Å². The molecule has 0 atom stereocenters. The molecule has 0 fully saturated rings. The number of amides is 1. The van der Waals surface area contributed by atoms with Crippen LogP contribution in [0.15, 0.2) is 46.0 Å². The van der Waals surface area contributed by atoms with Crippen LogP contribution in [0.5, 0.6) is 0 Å². The molecule has 2 aromatic rings. The highest BCUT2D eigenvalue weighted by Crippen LogP contribution is 2.18. The van der Waals surface area contributed by atoms with Crippen LogP contribution in [0.25, 0.3) is 0 Å². The minimum Gasteiger partial charge on any atom is -0.477 e. The maximum absolute atomic E-state index is 12.0. The lowest BCUT2D eigenvalue weighted by Crippen LogP contribution is -2.27. The van der Waals surface area contributed by atoms with E-state index in [1.807, 2.05) is 0 Å². The average Bonchev–Trinajstić information content (AvgIpc) is 2.97. The normalized spacial score (nSPS) is 10.3. The smallest absolute Gasteiger partial charge is 0.354 e. The van der Waals surface area contributed by atoms with Crippen LogP contribution in [0.4, 0.5) is 0 Å². The van der Waals surface area contributed by atoms with Gasteiger partial charge in [0.1, 0.15) is 11.5 Å². The standard InChI is InChI=1S/C14H14N2O4S/c1-16(8-10-3-2-6-20-10)13(17)9-21-11-4-5-15-12(7-11)14(18)19/h2-7H,8-9H2,1H3,(H,18,19). The van der Waals surface area contributed by atoms with E-state index in [0.29, 0.717) is 17.2 Å². The molecule has 0 unspecified atom stereocenters. The van der Waals surface area contributed by atoms with Crippen LogP contribution in [0.1, 0.15) is 16.2 Å². The molecule has 2 heterocycles. The second kappa shape index (κ2) is 6.94. The van der Waals surface area contributed by atoms with Crippen molar-refractivity contribution in [3.05, 3.63) is 48.2 Å². The number of aromatic nitrogens is 1. The molecule has 2 rings (SSSR count). The fourth-order valence-corrected chi connectivity index (χ4v) is 2.46. The summed E-state index contributed by atoms with van der Waals surface area (Å²) in [7, 11) is 1.70. The summed E-state index contributed by atoms with van der Waals surface area (Å²) in [5.41, 5.74) is -0.0311. The monoisotopic (exact) mass is 306 g/mol. The lowest BCUT2D eigenvalue weighted by Gasteiger charge is -2.15. The Hall–Kier alpha value is -2.28. The summed E-state index contributed by atoms with van der Waals surface area (Å²) in [4.78, 5) is 28.8. The first kappa shape index (κ1) is 15.1. The van der Waals surface area contributed by atoms with Crippen LogP contribution in [-0.2, 0) is 11.3 Å². The maximum atomic E-state index is 12.0. The van der Waals surface area contributed by atoms with Gasteiger partial charge in [-0.15, -0.1) is 11.8 Å². The molecule has 0 saturated carbocycles. The van der Waals surface area contributed by atoms with E-state index >= 15 is 0 Å². The lowest BCUT2D eigenvalue weighted by molar-refractivity contribution is -0.127. The number of pyridine rings is 1. The number of carboxylic acids is 1. The molecule has 2 aromatic heterocycles. The summed E-state index contributed by atoms with van der Waals surface area (Å²) in [5.74, 6) is -0.211. The number of carbonyl (C=O) groups is 2. The third-order valence-electron chi connectivity index (χ3n) is 2.71. The fraction of sp³-hybridized carbons (Fsp3) is 0.214. The van der Waals surface area contributed by atoms with Crippen molar-refractivity contribution in [3.63, 3.8) is 0 Å². The topological polar surface area (TPSA) is 83.6 Å². The molecule has 6 nitrogen and oxygen atoms in total. The van der Waals surface area contributed by atoms with E-state index in [2.05, 4.69) is 4.98 Å². The summed E-state index contributed by atoms with van der Waals surface area (Å²) in [6, 6.07) is 6.70. The Kier molecular flexibility index (Phi) is 4.99. The highest BCUT2D eigenvalue weighted by molar-refractivity contribution is 8.00. The van der Waals surface area contributed by atoms with Crippen molar-refractivity contribution >= 4 is 23.6 Å². The summed E-state index contributed by atoms with van der Waals surface area (Å²) >= 11 is 1.28. The molecule has 21 heavy (non-hydrogen) atoms. The average molecular weight is 306 g/mol. The number of carbonyl (C=O) groups excluding carboxylic acids is 1. The van der Waals surface area contributed by atoms with E-state index in [4.69, 9.17) is 9.52 Å². The quantitative estimate of drug-likeness (QED) is 0.823. The lowest BCUT2D eigenvalue weighted by atomic mass is 10.3. The van der Waals surface area contributed by atoms with Gasteiger partial charge in [0.05, 0.1) is 18.6 Å². The third-order valence-corrected chi connectivity index (χ3v) is 3.69. The first-order chi connectivity index (χ1) is 10.1. The van der Waals surface area contributed by atoms with Crippen molar-refractivity contribution < 1.29 is 19.1 Å². The SMILES string of the molecule is CN(Cc1ccco1)C(=O)CSc1ccnc(C(=O)O)c1. The molecular formula is C14H14N2O4S. The van der Waals surface area contributed by atoms with Crippen molar-refractivity contribution in [1.29, 1.82) is 0 Å². The van der Waals surface area contributed by atoms with Crippen molar-refractivity contribution in [1.82, 2.24) is 9.88 Å². The number of furan rings is 1. The van der Waals surface area contributed by atoms with E-state index in [-0.39, 0.29) is 17.4 Å². The number of hydrogen-bond acceptors (Lipinski definition) is 5. The predicted molar refractivity (Wildman–Crippen MR) is 77.1 cm³/mol. The van der Waals surface area contributed by atoms with E-state index < -0.39 is 5.97 Å². The van der Waals surface area contributed by atoms with Crippen LogP contribution in [-0.4, -0.2) is 39.7 Å². The molecule has 0 bridgehead atoms. The van der Waals surface area contributed by atoms with Gasteiger partial charge in [-0.3, -0.25) is 4.79 Å². The van der Waals surface area contributed by atoms with Gasteiger partial charge < -0.3 is 14.4 Å². The molecule has 0 aliphatic carbocycles. The predicted octanol–water partition coefficient (Wildman–Crippen LogP) is 2.12. The zero-order chi connectivity index (χ0) is 15.2. The second-order valence-corrected chi connectivity index (χ2v) is 5.35. The molecular weight excluding hydrogens is 292 g/mol. The van der Waals surface area contributed by atoms with Gasteiger partial charge in [-0.1, -0.05) is 0 Å². The van der Waals surface area contributed by atoms with Crippen molar-refractivity contribution in [2.24, 2.45) is 0 Å². The van der Waals surface area contributed by atoms with Gasteiger partial charge in [0.15, 0.2) is 0 Å². The molecule has 0 saturated heterocycles. The molecule has 7 heteroatoms. The minimum atomic E-state index is -1.08. The number of hydrogen-bond donors (Lipinski definition) is 1. The molecule has 0 aromatic carbocycles. The van der Waals surface area contributed by atoms with E-state index in [1.54, 1.807) is 36.4 Å². The second-order valence-electron chi connectivity index (χ2n) is 4.30. The van der Waals surface area contributed by atoms with Crippen molar-refractivity contribution in [3.8, 4) is 0 Å². The summed E-state index contributed by atoms with van der Waals surface area (Å²) in [5, 5.41) is 8.86. The number of thioether (sulfide) groups is 1. The molecule has 1 amide bonds. The van der Waals surface area contributed by atoms with Crippen LogP contribution in [0.3, 0.4) is 0 Å². The number of nitrogens with zero attached hydrogens (tertiary/aromatic N) is 2. The van der Waals surface area contributed by atoms with Crippen LogP contribution >= 0.6 is 11.8 Å². The summed E-state index contributed by atoms with van der Waals surface area (Å²) in [6.07, 6.45) is 2.98. The van der Waals surface area contributed by atoms with Gasteiger partial charge in [-0.2, -0.15) is 0 Å². The van der Waals surface area contributed by atoms with Gasteiger partial charge in [-0.25, -0.2) is 9.78 Å². The van der Waals surface area contributed by atoms with Crippen molar-refractivity contribution in [2.45, 2.75) is 11.4 Å². The van der Waals surface area contributed by atoms with Crippen LogP contribution in [0, 0.1) is 0 Å². The Bertz CT molecular complexity index is 628. The van der Waals surface area contributed by atoms with E-state index in [9.17, 15) is 9.59 Å². The number of carboxylic acid groups (broad SMARTS) is 1. The molecule has 0 spiro atoms. The highest BCUT2D eigenvalue weighted by atomic mass is 32.2. The molecule has 0 aliphatic rings. The Balaban J connectivity index is 1.88. The summed E-state index contributed by atoms with van der Waals surface area (Å²) < 4.78 is 5.18. The Labute approximate surface area is 125 Å². The zero-order valence-electron chi connectivity index (χ0n) is 11.4. The molecule has 0 aliphatic heterocycles.